The van der Waals surface area contributed by atoms with E-state index in [2.05, 4.69) is 14.9 Å². The molecular formula is C32H37FN6O5. The number of nitrogens with zero attached hydrogens (tertiary/aromatic N) is 6. The molecule has 1 fully saturated rings. The molecule has 2 amide bonds. The summed E-state index contributed by atoms with van der Waals surface area (Å²) in [5.74, 6) is -0.792. The quantitative estimate of drug-likeness (QED) is 0.382. The fourth-order valence-electron chi connectivity index (χ4n) is 6.09. The van der Waals surface area contributed by atoms with Crippen molar-refractivity contribution < 1.29 is 28.2 Å². The molecule has 2 aromatic heterocycles. The largest absolute Gasteiger partial charge is 0.464 e. The number of imidazole rings is 1. The first-order valence-corrected chi connectivity index (χ1v) is 15.1. The van der Waals surface area contributed by atoms with Crippen LogP contribution in [-0.4, -0.2) is 80.7 Å². The van der Waals surface area contributed by atoms with Crippen molar-refractivity contribution in [2.45, 2.75) is 65.3 Å². The van der Waals surface area contributed by atoms with Crippen LogP contribution in [0.2, 0.25) is 0 Å². The van der Waals surface area contributed by atoms with Crippen LogP contribution in [0, 0.1) is 5.82 Å². The molecular weight excluding hydrogens is 567 g/mol. The highest BCUT2D eigenvalue weighted by Gasteiger charge is 2.42. The predicted molar refractivity (Wildman–Crippen MR) is 159 cm³/mol. The second kappa shape index (κ2) is 11.5. The number of carbonyl (C=O) groups is 3. The third-order valence-corrected chi connectivity index (χ3v) is 8.22. The fourth-order valence-corrected chi connectivity index (χ4v) is 6.09. The smallest absolute Gasteiger partial charge is 0.410 e. The Morgan fingerprint density at radius 3 is 2.50 bits per heavy atom. The summed E-state index contributed by atoms with van der Waals surface area (Å²) in [5, 5.41) is 0. The van der Waals surface area contributed by atoms with E-state index < -0.39 is 29.3 Å². The lowest BCUT2D eigenvalue weighted by molar-refractivity contribution is -0.149. The number of rotatable bonds is 6. The number of halogens is 1. The molecule has 0 unspecified atom stereocenters. The van der Waals surface area contributed by atoms with Crippen molar-refractivity contribution in [1.29, 1.82) is 0 Å². The highest BCUT2D eigenvalue weighted by atomic mass is 19.1. The van der Waals surface area contributed by atoms with Gasteiger partial charge in [-0.25, -0.2) is 23.9 Å². The van der Waals surface area contributed by atoms with E-state index in [4.69, 9.17) is 9.47 Å². The first kappa shape index (κ1) is 29.6. The fraction of sp³-hybridized carbons (Fsp3) is 0.469. The summed E-state index contributed by atoms with van der Waals surface area (Å²) < 4.78 is 28.4. The van der Waals surface area contributed by atoms with Crippen molar-refractivity contribution in [2.24, 2.45) is 0 Å². The van der Waals surface area contributed by atoms with Crippen molar-refractivity contribution >= 4 is 23.8 Å². The van der Waals surface area contributed by atoms with Gasteiger partial charge in [-0.1, -0.05) is 0 Å². The van der Waals surface area contributed by atoms with Gasteiger partial charge in [0.25, 0.3) is 5.91 Å². The zero-order valence-electron chi connectivity index (χ0n) is 25.5. The van der Waals surface area contributed by atoms with Gasteiger partial charge in [-0.2, -0.15) is 0 Å². The summed E-state index contributed by atoms with van der Waals surface area (Å²) in [6, 6.07) is 5.71. The first-order chi connectivity index (χ1) is 21.0. The summed E-state index contributed by atoms with van der Waals surface area (Å²) in [6.45, 7) is 10.4. The average molecular weight is 605 g/mol. The molecule has 0 bridgehead atoms. The van der Waals surface area contributed by atoms with E-state index in [1.165, 1.54) is 11.0 Å². The Balaban J connectivity index is 1.19. The number of benzene rings is 1. The lowest BCUT2D eigenvalue weighted by Gasteiger charge is -2.36. The molecule has 11 nitrogen and oxygen atoms in total. The van der Waals surface area contributed by atoms with Crippen molar-refractivity contribution in [3.8, 4) is 11.1 Å². The summed E-state index contributed by atoms with van der Waals surface area (Å²) in [6.07, 6.45) is 4.70. The molecule has 3 aliphatic rings. The number of esters is 1. The Hall–Kier alpha value is -4.48. The number of amides is 2. The first-order valence-electron chi connectivity index (χ1n) is 15.1. The Kier molecular flexibility index (Phi) is 7.77. The minimum Gasteiger partial charge on any atom is -0.464 e. The number of aromatic nitrogens is 3. The van der Waals surface area contributed by atoms with Crippen molar-refractivity contribution in [3.63, 3.8) is 0 Å². The monoisotopic (exact) mass is 604 g/mol. The van der Waals surface area contributed by atoms with Crippen LogP contribution in [0.15, 0.2) is 36.8 Å². The van der Waals surface area contributed by atoms with E-state index in [0.29, 0.717) is 43.0 Å². The van der Waals surface area contributed by atoms with E-state index in [1.807, 2.05) is 37.5 Å². The molecule has 3 aromatic rings. The van der Waals surface area contributed by atoms with Crippen LogP contribution in [-0.2, 0) is 33.8 Å². The normalized spacial score (nSPS) is 17.0. The Morgan fingerprint density at radius 2 is 1.82 bits per heavy atom. The van der Waals surface area contributed by atoms with Crippen LogP contribution >= 0.6 is 0 Å². The van der Waals surface area contributed by atoms with Crippen LogP contribution in [0.3, 0.4) is 0 Å². The standard InChI is InChI=1S/C32H37FN6O5/c1-5-43-30(41)28(27-25-7-6-10-38(25)19-35-27)39-18-23-22(29(39)40)15-21(16-24(23)33)20-8-9-26(34-17-20)36-11-13-37(14-12-36)31(42)44-32(2,3)4/h8-9,15-17,19,28H,5-7,10-14,18H2,1-4H3/t28-/m1/s1. The van der Waals surface area contributed by atoms with Crippen molar-refractivity contribution in [1.82, 2.24) is 24.3 Å². The molecule has 1 saturated heterocycles. The molecule has 0 aliphatic carbocycles. The molecule has 232 valence electrons. The van der Waals surface area contributed by atoms with Crippen LogP contribution in [0.5, 0.6) is 0 Å². The number of anilines is 1. The van der Waals surface area contributed by atoms with Gasteiger partial charge in [0, 0.05) is 61.3 Å². The average Bonchev–Trinajstić information content (AvgIpc) is 3.70. The summed E-state index contributed by atoms with van der Waals surface area (Å²) in [7, 11) is 0. The van der Waals surface area contributed by atoms with Crippen molar-refractivity contribution in [3.05, 3.63) is 65.1 Å². The third kappa shape index (κ3) is 5.60. The number of ether oxygens (including phenoxy) is 2. The molecule has 44 heavy (non-hydrogen) atoms. The Bertz CT molecular complexity index is 1590. The summed E-state index contributed by atoms with van der Waals surface area (Å²) in [5.41, 5.74) is 2.49. The van der Waals surface area contributed by atoms with Gasteiger partial charge < -0.3 is 28.7 Å². The number of fused-ring (bicyclic) bond motifs is 2. The van der Waals surface area contributed by atoms with Gasteiger partial charge in [-0.15, -0.1) is 0 Å². The molecule has 0 saturated carbocycles. The molecule has 3 aliphatic heterocycles. The molecule has 1 atom stereocenters. The maximum absolute atomic E-state index is 15.5. The molecule has 6 rings (SSSR count). The minimum absolute atomic E-state index is 0.0531. The molecule has 0 N–H and O–H groups in total. The van der Waals surface area contributed by atoms with Crippen LogP contribution < -0.4 is 4.90 Å². The molecule has 0 spiro atoms. The van der Waals surface area contributed by atoms with E-state index in [-0.39, 0.29) is 30.4 Å². The zero-order chi connectivity index (χ0) is 31.2. The van der Waals surface area contributed by atoms with E-state index in [1.54, 1.807) is 30.4 Å². The van der Waals surface area contributed by atoms with E-state index >= 15 is 4.39 Å². The topological polar surface area (TPSA) is 110 Å². The van der Waals surface area contributed by atoms with Crippen molar-refractivity contribution in [2.75, 3.05) is 37.7 Å². The number of carbonyl (C=O) groups excluding carboxylic acids is 3. The van der Waals surface area contributed by atoms with Gasteiger partial charge >= 0.3 is 12.1 Å². The lowest BCUT2D eigenvalue weighted by Crippen LogP contribution is -2.50. The number of hydrogen-bond acceptors (Lipinski definition) is 8. The van der Waals surface area contributed by atoms with Gasteiger partial charge in [0.1, 0.15) is 17.2 Å². The van der Waals surface area contributed by atoms with Gasteiger partial charge in [0.15, 0.2) is 6.04 Å². The second-order valence-corrected chi connectivity index (χ2v) is 12.3. The highest BCUT2D eigenvalue weighted by molar-refractivity contribution is 6.02. The van der Waals surface area contributed by atoms with E-state index in [0.717, 1.165) is 30.9 Å². The van der Waals surface area contributed by atoms with Crippen LogP contribution in [0.25, 0.3) is 11.1 Å². The number of piperazine rings is 1. The van der Waals surface area contributed by atoms with Gasteiger partial charge in [0.05, 0.1) is 25.2 Å². The number of pyridine rings is 1. The molecule has 5 heterocycles. The Labute approximate surface area is 255 Å². The lowest BCUT2D eigenvalue weighted by atomic mass is 10.0. The van der Waals surface area contributed by atoms with Gasteiger partial charge in [0.2, 0.25) is 0 Å². The highest BCUT2D eigenvalue weighted by Crippen LogP contribution is 2.37. The zero-order valence-corrected chi connectivity index (χ0v) is 25.5. The Morgan fingerprint density at radius 1 is 1.05 bits per heavy atom. The maximum Gasteiger partial charge on any atom is 0.410 e. The second-order valence-electron chi connectivity index (χ2n) is 12.3. The van der Waals surface area contributed by atoms with Gasteiger partial charge in [-0.05, 0) is 70.4 Å². The molecule has 12 heteroatoms. The summed E-state index contributed by atoms with van der Waals surface area (Å²) >= 11 is 0. The SMILES string of the molecule is CCOC(=O)[C@@H](c1ncn2c1CCC2)N1Cc2c(F)cc(-c3ccc(N4CCN(C(=O)OC(C)(C)C)CC4)nc3)cc2C1=O. The van der Waals surface area contributed by atoms with Crippen LogP contribution in [0.1, 0.15) is 67.5 Å². The number of aryl methyl sites for hydroxylation is 1. The predicted octanol–water partition coefficient (Wildman–Crippen LogP) is 4.35. The molecule has 1 aromatic carbocycles. The third-order valence-electron chi connectivity index (χ3n) is 8.22. The van der Waals surface area contributed by atoms with E-state index in [9.17, 15) is 14.4 Å². The maximum atomic E-state index is 15.5. The van der Waals surface area contributed by atoms with Crippen LogP contribution in [0.4, 0.5) is 15.0 Å². The summed E-state index contributed by atoms with van der Waals surface area (Å²) in [4.78, 5) is 53.5. The number of hydrogen-bond donors (Lipinski definition) is 0. The van der Waals surface area contributed by atoms with Gasteiger partial charge in [-0.3, -0.25) is 4.79 Å². The molecule has 0 radical (unpaired) electrons. The minimum atomic E-state index is -1.05.